The Morgan fingerprint density at radius 2 is 1.96 bits per heavy atom. The zero-order valence-corrected chi connectivity index (χ0v) is 14.0. The van der Waals surface area contributed by atoms with Gasteiger partial charge in [-0.2, -0.15) is 4.98 Å². The van der Waals surface area contributed by atoms with Crippen molar-refractivity contribution in [3.63, 3.8) is 0 Å². The lowest BCUT2D eigenvalue weighted by molar-refractivity contribution is -0.172. The fourth-order valence-electron chi connectivity index (χ4n) is 4.47. The van der Waals surface area contributed by atoms with Gasteiger partial charge in [-0.05, 0) is 26.2 Å². The highest BCUT2D eigenvalue weighted by molar-refractivity contribution is 5.95. The monoisotopic (exact) mass is 334 g/mol. The van der Waals surface area contributed by atoms with E-state index in [1.165, 1.54) is 7.11 Å². The van der Waals surface area contributed by atoms with Gasteiger partial charge < -0.3 is 19.9 Å². The highest BCUT2D eigenvalue weighted by Crippen LogP contribution is 2.65. The largest absolute Gasteiger partial charge is 0.480 e. The van der Waals surface area contributed by atoms with Gasteiger partial charge in [-0.25, -0.2) is 9.78 Å². The molecule has 5 rings (SSSR count). The average molecular weight is 334 g/mol. The first-order chi connectivity index (χ1) is 11.5. The number of nitrogens with one attached hydrogen (secondary N) is 1. The van der Waals surface area contributed by atoms with E-state index in [-0.39, 0.29) is 22.5 Å². The number of hydrogen-bond acceptors (Lipinski definition) is 7. The molecule has 4 fully saturated rings. The van der Waals surface area contributed by atoms with Gasteiger partial charge in [-0.15, -0.1) is 0 Å². The van der Waals surface area contributed by atoms with E-state index in [9.17, 15) is 9.90 Å². The maximum absolute atomic E-state index is 11.6. The Hall–Kier alpha value is -1.93. The third-order valence-corrected chi connectivity index (χ3v) is 5.46. The molecule has 3 saturated carbocycles. The quantitative estimate of drug-likeness (QED) is 0.820. The minimum absolute atomic E-state index is 0.00764. The number of aryl methyl sites for hydroxylation is 1. The molecule has 1 saturated heterocycles. The Morgan fingerprint density at radius 3 is 2.54 bits per heavy atom. The van der Waals surface area contributed by atoms with Crippen molar-refractivity contribution in [2.24, 2.45) is 0 Å². The summed E-state index contributed by atoms with van der Waals surface area (Å²) < 4.78 is 10.6. The van der Waals surface area contributed by atoms with Crippen LogP contribution < -0.4 is 10.1 Å². The second kappa shape index (κ2) is 5.29. The lowest BCUT2D eigenvalue weighted by atomic mass is 9.43. The van der Waals surface area contributed by atoms with Crippen molar-refractivity contribution in [1.82, 2.24) is 14.9 Å². The Bertz CT molecular complexity index is 667. The van der Waals surface area contributed by atoms with E-state index in [2.05, 4.69) is 20.2 Å². The second-order valence-electron chi connectivity index (χ2n) is 7.07. The topological polar surface area (TPSA) is 96.8 Å². The average Bonchev–Trinajstić information content (AvgIpc) is 2.49. The summed E-state index contributed by atoms with van der Waals surface area (Å²) in [5, 5.41) is 12.9. The summed E-state index contributed by atoms with van der Waals surface area (Å²) in [5.74, 6) is -0.119. The molecule has 2 N–H and O–H groups in total. The van der Waals surface area contributed by atoms with Crippen LogP contribution in [0, 0.1) is 6.92 Å². The molecule has 2 heterocycles. The summed E-state index contributed by atoms with van der Waals surface area (Å²) >= 11 is 0. The van der Waals surface area contributed by atoms with E-state index < -0.39 is 5.97 Å². The molecule has 0 amide bonds. The van der Waals surface area contributed by atoms with Crippen LogP contribution in [0.3, 0.4) is 0 Å². The predicted octanol–water partition coefficient (Wildman–Crippen LogP) is 0.911. The number of carboxylic acids is 1. The molecule has 0 aromatic carbocycles. The Morgan fingerprint density at radius 1 is 1.29 bits per heavy atom. The molecule has 1 aliphatic heterocycles. The number of carbonyl (C=O) groups is 1. The molecule has 2 bridgehead atoms. The number of methoxy groups -OCH3 is 1. The Labute approximate surface area is 140 Å². The number of ether oxygens (including phenoxy) is 2. The van der Waals surface area contributed by atoms with Crippen LogP contribution in [0.5, 0.6) is 5.88 Å². The van der Waals surface area contributed by atoms with Crippen molar-refractivity contribution in [2.75, 3.05) is 38.7 Å². The van der Waals surface area contributed by atoms with E-state index in [4.69, 9.17) is 9.47 Å². The van der Waals surface area contributed by atoms with E-state index >= 15 is 0 Å². The van der Waals surface area contributed by atoms with Crippen LogP contribution in [-0.4, -0.2) is 70.4 Å². The van der Waals surface area contributed by atoms with Crippen molar-refractivity contribution >= 4 is 11.8 Å². The number of hydrogen-bond donors (Lipinski definition) is 2. The summed E-state index contributed by atoms with van der Waals surface area (Å²) in [6.07, 6.45) is 3.05. The first-order valence-corrected chi connectivity index (χ1v) is 8.24. The number of rotatable bonds is 5. The molecule has 130 valence electrons. The standard InChI is InChI=1S/C16H22N4O4/c1-10-17-12(11(14(21)22)13(18-10)23-2)19-15-7-16(8-15,9-15)20-3-5-24-6-4-20/h3-9H2,1-2H3,(H,21,22)(H,17,18,19). The fraction of sp³-hybridized carbons (Fsp3) is 0.688. The highest BCUT2D eigenvalue weighted by atomic mass is 16.5. The van der Waals surface area contributed by atoms with Crippen LogP contribution in [0.1, 0.15) is 35.4 Å². The zero-order chi connectivity index (χ0) is 16.9. The van der Waals surface area contributed by atoms with E-state index in [0.29, 0.717) is 11.6 Å². The van der Waals surface area contributed by atoms with Gasteiger partial charge >= 0.3 is 5.97 Å². The number of nitrogens with zero attached hydrogens (tertiary/aromatic N) is 3. The van der Waals surface area contributed by atoms with Crippen LogP contribution in [0.4, 0.5) is 5.82 Å². The van der Waals surface area contributed by atoms with Crippen molar-refractivity contribution < 1.29 is 19.4 Å². The van der Waals surface area contributed by atoms with Gasteiger partial charge in [-0.1, -0.05) is 0 Å². The molecule has 4 aliphatic rings. The maximum atomic E-state index is 11.6. The maximum Gasteiger partial charge on any atom is 0.345 e. The summed E-state index contributed by atoms with van der Waals surface area (Å²) in [6.45, 7) is 5.30. The second-order valence-corrected chi connectivity index (χ2v) is 7.07. The molecule has 0 unspecified atom stereocenters. The normalized spacial score (nSPS) is 31.8. The van der Waals surface area contributed by atoms with Gasteiger partial charge in [0.05, 0.1) is 20.3 Å². The molecule has 1 aromatic heterocycles. The third-order valence-electron chi connectivity index (χ3n) is 5.46. The van der Waals surface area contributed by atoms with Crippen molar-refractivity contribution in [3.05, 3.63) is 11.4 Å². The smallest absolute Gasteiger partial charge is 0.345 e. The zero-order valence-electron chi connectivity index (χ0n) is 14.0. The molecule has 24 heavy (non-hydrogen) atoms. The molecular weight excluding hydrogens is 312 g/mol. The molecule has 0 spiro atoms. The lowest BCUT2D eigenvalue weighted by Crippen LogP contribution is -2.82. The van der Waals surface area contributed by atoms with Crippen molar-refractivity contribution in [3.8, 4) is 5.88 Å². The van der Waals surface area contributed by atoms with Gasteiger partial charge in [0.2, 0.25) is 5.88 Å². The first kappa shape index (κ1) is 15.6. The number of aromatic carboxylic acids is 1. The molecule has 0 radical (unpaired) electrons. The van der Waals surface area contributed by atoms with Gasteiger partial charge in [0.25, 0.3) is 0 Å². The summed E-state index contributed by atoms with van der Waals surface area (Å²) in [4.78, 5) is 22.5. The van der Waals surface area contributed by atoms with E-state index in [1.54, 1.807) is 6.92 Å². The van der Waals surface area contributed by atoms with Crippen LogP contribution >= 0.6 is 0 Å². The van der Waals surface area contributed by atoms with Crippen LogP contribution in [0.2, 0.25) is 0 Å². The minimum atomic E-state index is -1.08. The fourth-order valence-corrected chi connectivity index (χ4v) is 4.47. The number of aromatic nitrogens is 2. The minimum Gasteiger partial charge on any atom is -0.480 e. The molecule has 1 aromatic rings. The summed E-state index contributed by atoms with van der Waals surface area (Å²) in [7, 11) is 1.42. The molecule has 8 nitrogen and oxygen atoms in total. The van der Waals surface area contributed by atoms with Gasteiger partial charge in [0.1, 0.15) is 11.6 Å². The lowest BCUT2D eigenvalue weighted by Gasteiger charge is -2.74. The van der Waals surface area contributed by atoms with Crippen LogP contribution in [0.15, 0.2) is 0 Å². The van der Waals surface area contributed by atoms with Crippen LogP contribution in [0.25, 0.3) is 0 Å². The van der Waals surface area contributed by atoms with Gasteiger partial charge in [0, 0.05) is 24.2 Å². The van der Waals surface area contributed by atoms with Gasteiger partial charge in [-0.3, -0.25) is 4.90 Å². The highest BCUT2D eigenvalue weighted by Gasteiger charge is 2.70. The third kappa shape index (κ3) is 2.24. The molecular formula is C16H22N4O4. The number of morpholine rings is 1. The molecule has 8 heteroatoms. The van der Waals surface area contributed by atoms with Crippen molar-refractivity contribution in [2.45, 2.75) is 37.3 Å². The van der Waals surface area contributed by atoms with Crippen LogP contribution in [-0.2, 0) is 4.74 Å². The van der Waals surface area contributed by atoms with E-state index in [1.807, 2.05) is 0 Å². The first-order valence-electron chi connectivity index (χ1n) is 8.24. The SMILES string of the molecule is COc1nc(C)nc(NC23CC(N4CCOCC4)(C2)C3)c1C(=O)O. The number of anilines is 1. The van der Waals surface area contributed by atoms with Crippen molar-refractivity contribution in [1.29, 1.82) is 0 Å². The Balaban J connectivity index is 1.52. The van der Waals surface area contributed by atoms with Gasteiger partial charge in [0.15, 0.2) is 5.56 Å². The number of carboxylic acid groups (broad SMARTS) is 1. The summed E-state index contributed by atoms with van der Waals surface area (Å²) in [6, 6.07) is 0. The molecule has 3 aliphatic carbocycles. The Kier molecular flexibility index (Phi) is 3.43. The predicted molar refractivity (Wildman–Crippen MR) is 85.6 cm³/mol. The summed E-state index contributed by atoms with van der Waals surface area (Å²) in [5.41, 5.74) is 0.230. The van der Waals surface area contributed by atoms with E-state index in [0.717, 1.165) is 45.6 Å². The molecule has 0 atom stereocenters.